The molecule has 3 aliphatic rings. The number of halogens is 1. The number of ether oxygens (including phenoxy) is 1. The van der Waals surface area contributed by atoms with Gasteiger partial charge < -0.3 is 14.7 Å². The summed E-state index contributed by atoms with van der Waals surface area (Å²) in [4.78, 5) is 29.0. The van der Waals surface area contributed by atoms with Gasteiger partial charge in [-0.2, -0.15) is 0 Å². The van der Waals surface area contributed by atoms with Crippen LogP contribution in [0.5, 0.6) is 5.75 Å². The van der Waals surface area contributed by atoms with Crippen LogP contribution in [0.25, 0.3) is 0 Å². The molecule has 2 aliphatic heterocycles. The Labute approximate surface area is 164 Å². The number of fused-ring (bicyclic) bond motifs is 1. The van der Waals surface area contributed by atoms with Gasteiger partial charge in [0.1, 0.15) is 17.5 Å². The van der Waals surface area contributed by atoms with Crippen LogP contribution >= 0.6 is 11.6 Å². The maximum atomic E-state index is 12.9. The van der Waals surface area contributed by atoms with Gasteiger partial charge in [-0.15, -0.1) is 0 Å². The lowest BCUT2D eigenvalue weighted by molar-refractivity contribution is -0.133. The van der Waals surface area contributed by atoms with Crippen molar-refractivity contribution in [2.45, 2.75) is 58.2 Å². The molecule has 1 aromatic rings. The third-order valence-corrected chi connectivity index (χ3v) is 6.02. The molecular weight excluding hydrogens is 368 g/mol. The zero-order chi connectivity index (χ0) is 19.6. The van der Waals surface area contributed by atoms with Crippen molar-refractivity contribution in [2.75, 3.05) is 13.1 Å². The average molecular weight is 393 g/mol. The Bertz CT molecular complexity index is 813. The zero-order valence-corrected chi connectivity index (χ0v) is 16.7. The van der Waals surface area contributed by atoms with Gasteiger partial charge in [0.15, 0.2) is 0 Å². The van der Waals surface area contributed by atoms with Crippen molar-refractivity contribution in [3.05, 3.63) is 28.3 Å². The summed E-state index contributed by atoms with van der Waals surface area (Å²) in [5.74, 6) is 0.0653. The van der Waals surface area contributed by atoms with E-state index in [1.807, 2.05) is 20.8 Å². The smallest absolute Gasteiger partial charge is 0.412 e. The van der Waals surface area contributed by atoms with Crippen LogP contribution in [-0.4, -0.2) is 45.6 Å². The van der Waals surface area contributed by atoms with Crippen LogP contribution in [0.1, 0.15) is 57.3 Å². The van der Waals surface area contributed by atoms with Crippen molar-refractivity contribution in [2.24, 2.45) is 5.41 Å². The molecule has 0 bridgehead atoms. The summed E-state index contributed by atoms with van der Waals surface area (Å²) >= 11 is 6.38. The molecule has 4 rings (SSSR count). The number of hydrogen-bond donors (Lipinski definition) is 1. The highest BCUT2D eigenvalue weighted by molar-refractivity contribution is 6.31. The number of amides is 2. The van der Waals surface area contributed by atoms with E-state index >= 15 is 0 Å². The summed E-state index contributed by atoms with van der Waals surface area (Å²) in [6, 6.07) is 3.18. The Balaban J connectivity index is 1.77. The number of benzene rings is 1. The van der Waals surface area contributed by atoms with Gasteiger partial charge in [-0.25, -0.2) is 4.79 Å². The molecule has 6 nitrogen and oxygen atoms in total. The van der Waals surface area contributed by atoms with Crippen molar-refractivity contribution in [3.8, 4) is 5.75 Å². The fourth-order valence-corrected chi connectivity index (χ4v) is 4.44. The summed E-state index contributed by atoms with van der Waals surface area (Å²) in [5.41, 5.74) is 0.740. The number of carbonyl (C=O) groups is 2. The minimum Gasteiger partial charge on any atom is -0.508 e. The molecule has 0 aromatic heterocycles. The number of hydrogen-bond acceptors (Lipinski definition) is 4. The lowest BCUT2D eigenvalue weighted by atomic mass is 9.95. The number of phenolic OH excluding ortho intramolecular Hbond substituents is 1. The number of carbonyl (C=O) groups excluding carboxylic acids is 2. The molecule has 1 aromatic carbocycles. The van der Waals surface area contributed by atoms with Crippen molar-refractivity contribution in [1.82, 2.24) is 9.80 Å². The molecule has 1 atom stereocenters. The Morgan fingerprint density at radius 1 is 1.33 bits per heavy atom. The van der Waals surface area contributed by atoms with E-state index in [0.717, 1.165) is 18.4 Å². The summed E-state index contributed by atoms with van der Waals surface area (Å²) in [6.07, 6.45) is 1.90. The molecule has 27 heavy (non-hydrogen) atoms. The molecule has 1 saturated heterocycles. The molecule has 2 amide bonds. The lowest BCUT2D eigenvalue weighted by Crippen LogP contribution is -2.50. The Kier molecular flexibility index (Phi) is 4.11. The van der Waals surface area contributed by atoms with Gasteiger partial charge in [0.2, 0.25) is 5.91 Å². The average Bonchev–Trinajstić information content (AvgIpc) is 3.24. The lowest BCUT2D eigenvalue weighted by Gasteiger charge is -2.42. The first-order valence-electron chi connectivity index (χ1n) is 9.40. The van der Waals surface area contributed by atoms with Gasteiger partial charge in [0.25, 0.3) is 0 Å². The molecule has 1 aliphatic carbocycles. The first-order valence-corrected chi connectivity index (χ1v) is 9.77. The number of aromatic hydroxyl groups is 1. The van der Waals surface area contributed by atoms with E-state index in [1.54, 1.807) is 15.9 Å². The molecule has 7 heteroatoms. The predicted molar refractivity (Wildman–Crippen MR) is 100 cm³/mol. The second kappa shape index (κ2) is 6.03. The summed E-state index contributed by atoms with van der Waals surface area (Å²) in [7, 11) is 0. The SMILES string of the molecule is CC(C)(C)OC(=O)N1CCc2c(Cl)ccc(O)c2C1N1CC2(CC2)CC1=O. The molecule has 1 N–H and O–H groups in total. The van der Waals surface area contributed by atoms with Crippen LogP contribution in [0.2, 0.25) is 5.02 Å². The molecule has 146 valence electrons. The van der Waals surface area contributed by atoms with Gasteiger partial charge in [-0.05, 0) is 63.1 Å². The Morgan fingerprint density at radius 2 is 2.04 bits per heavy atom. The number of phenols is 1. The van der Waals surface area contributed by atoms with E-state index in [-0.39, 0.29) is 17.1 Å². The van der Waals surface area contributed by atoms with Gasteiger partial charge in [-0.3, -0.25) is 9.69 Å². The van der Waals surface area contributed by atoms with E-state index in [0.29, 0.717) is 36.5 Å². The normalized spacial score (nSPS) is 23.6. The number of likely N-dealkylation sites (tertiary alicyclic amines) is 1. The van der Waals surface area contributed by atoms with Crippen LogP contribution in [0.15, 0.2) is 12.1 Å². The second-order valence-corrected chi connectivity index (χ2v) is 9.36. The fourth-order valence-electron chi connectivity index (χ4n) is 4.18. The number of nitrogens with zero attached hydrogens (tertiary/aromatic N) is 2. The topological polar surface area (TPSA) is 70.1 Å². The van der Waals surface area contributed by atoms with Crippen LogP contribution in [0.4, 0.5) is 4.79 Å². The number of rotatable bonds is 1. The van der Waals surface area contributed by atoms with Crippen molar-refractivity contribution in [3.63, 3.8) is 0 Å². The molecule has 1 unspecified atom stereocenters. The Morgan fingerprint density at radius 3 is 2.63 bits per heavy atom. The summed E-state index contributed by atoms with van der Waals surface area (Å²) in [6.45, 7) is 6.42. The second-order valence-electron chi connectivity index (χ2n) is 8.95. The predicted octanol–water partition coefficient (Wildman–Crippen LogP) is 3.85. The highest BCUT2D eigenvalue weighted by Gasteiger charge is 2.55. The molecule has 2 fully saturated rings. The van der Waals surface area contributed by atoms with Gasteiger partial charge in [0, 0.05) is 30.1 Å². The molecule has 2 heterocycles. The summed E-state index contributed by atoms with van der Waals surface area (Å²) < 4.78 is 5.59. The minimum atomic E-state index is -0.685. The minimum absolute atomic E-state index is 0.0123. The van der Waals surface area contributed by atoms with E-state index < -0.39 is 17.9 Å². The molecular formula is C20H25ClN2O4. The van der Waals surface area contributed by atoms with E-state index in [4.69, 9.17) is 16.3 Å². The Hall–Kier alpha value is -1.95. The molecule has 1 saturated carbocycles. The highest BCUT2D eigenvalue weighted by atomic mass is 35.5. The van der Waals surface area contributed by atoms with Crippen LogP contribution in [0.3, 0.4) is 0 Å². The van der Waals surface area contributed by atoms with Gasteiger partial charge in [0.05, 0.1) is 0 Å². The van der Waals surface area contributed by atoms with E-state index in [2.05, 4.69) is 0 Å². The van der Waals surface area contributed by atoms with Gasteiger partial charge >= 0.3 is 6.09 Å². The quantitative estimate of drug-likeness (QED) is 0.788. The van der Waals surface area contributed by atoms with E-state index in [1.165, 1.54) is 6.07 Å². The zero-order valence-electron chi connectivity index (χ0n) is 15.9. The maximum absolute atomic E-state index is 12.9. The fraction of sp³-hybridized carbons (Fsp3) is 0.600. The van der Waals surface area contributed by atoms with Gasteiger partial charge in [-0.1, -0.05) is 11.6 Å². The third-order valence-electron chi connectivity index (χ3n) is 5.67. The first kappa shape index (κ1) is 18.4. The highest BCUT2D eigenvalue weighted by Crippen LogP contribution is 2.56. The van der Waals surface area contributed by atoms with Crippen molar-refractivity contribution < 1.29 is 19.4 Å². The van der Waals surface area contributed by atoms with Crippen molar-refractivity contribution >= 4 is 23.6 Å². The van der Waals surface area contributed by atoms with E-state index in [9.17, 15) is 14.7 Å². The summed E-state index contributed by atoms with van der Waals surface area (Å²) in [5, 5.41) is 11.1. The van der Waals surface area contributed by atoms with Crippen molar-refractivity contribution in [1.29, 1.82) is 0 Å². The van der Waals surface area contributed by atoms with Crippen LogP contribution < -0.4 is 0 Å². The van der Waals surface area contributed by atoms with Crippen LogP contribution in [-0.2, 0) is 16.0 Å². The largest absolute Gasteiger partial charge is 0.508 e. The molecule has 1 spiro atoms. The third kappa shape index (κ3) is 3.24. The van der Waals surface area contributed by atoms with Crippen LogP contribution in [0, 0.1) is 5.41 Å². The maximum Gasteiger partial charge on any atom is 0.412 e. The first-order chi connectivity index (χ1) is 12.6. The standard InChI is InChI=1S/C20H25ClN2O4/c1-19(2,3)27-18(26)22-9-6-12-13(21)4-5-14(24)16(12)17(22)23-11-20(7-8-20)10-15(23)25/h4-5,17,24H,6-11H2,1-3H3. The monoisotopic (exact) mass is 392 g/mol. The molecule has 0 radical (unpaired) electrons.